The van der Waals surface area contributed by atoms with Gasteiger partial charge in [-0.05, 0) is 24.1 Å². The van der Waals surface area contributed by atoms with E-state index in [1.165, 1.54) is 0 Å². The summed E-state index contributed by atoms with van der Waals surface area (Å²) in [6.45, 7) is 2.16. The summed E-state index contributed by atoms with van der Waals surface area (Å²) < 4.78 is 0. The number of carboxylic acids is 1. The predicted molar refractivity (Wildman–Crippen MR) is 63.6 cm³/mol. The molecule has 0 radical (unpaired) electrons. The number of rotatable bonds is 3. The van der Waals surface area contributed by atoms with Crippen molar-refractivity contribution in [3.05, 3.63) is 41.1 Å². The van der Waals surface area contributed by atoms with E-state index in [0.717, 1.165) is 11.1 Å². The quantitative estimate of drug-likeness (QED) is 0.747. The molecule has 0 unspecified atom stereocenters. The van der Waals surface area contributed by atoms with E-state index in [0.29, 0.717) is 11.3 Å². The Kier molecular flexibility index (Phi) is 2.93. The number of aromatic nitrogens is 2. The van der Waals surface area contributed by atoms with Crippen molar-refractivity contribution >= 4 is 5.97 Å². The first-order chi connectivity index (χ1) is 8.15. The van der Waals surface area contributed by atoms with Crippen LogP contribution >= 0.6 is 0 Å². The number of H-pyrrole nitrogens is 1. The number of carbonyl (C=O) groups is 1. The molecule has 5 nitrogen and oxygen atoms in total. The zero-order chi connectivity index (χ0) is 12.4. The average Bonchev–Trinajstić information content (AvgIpc) is 2.74. The van der Waals surface area contributed by atoms with Gasteiger partial charge >= 0.3 is 5.97 Å². The molecule has 4 N–H and O–H groups in total. The molecule has 88 valence electrons. The molecule has 0 amide bonds. The second-order valence-corrected chi connectivity index (χ2v) is 3.78. The lowest BCUT2D eigenvalue weighted by Gasteiger charge is -2.10. The van der Waals surface area contributed by atoms with E-state index in [1.54, 1.807) is 18.3 Å². The highest BCUT2D eigenvalue weighted by Crippen LogP contribution is 2.28. The van der Waals surface area contributed by atoms with Crippen LogP contribution in [0.2, 0.25) is 0 Å². The minimum absolute atomic E-state index is 0.236. The van der Waals surface area contributed by atoms with E-state index < -0.39 is 5.97 Å². The van der Waals surface area contributed by atoms with E-state index in [-0.39, 0.29) is 12.1 Å². The Morgan fingerprint density at radius 3 is 2.82 bits per heavy atom. The van der Waals surface area contributed by atoms with Gasteiger partial charge in [-0.25, -0.2) is 4.79 Å². The molecule has 17 heavy (non-hydrogen) atoms. The Morgan fingerprint density at radius 2 is 2.29 bits per heavy atom. The van der Waals surface area contributed by atoms with E-state index in [2.05, 4.69) is 10.2 Å². The molecule has 0 atom stereocenters. The maximum atomic E-state index is 11.2. The molecule has 1 aromatic carbocycles. The summed E-state index contributed by atoms with van der Waals surface area (Å²) in [4.78, 5) is 11.2. The fourth-order valence-electron chi connectivity index (χ4n) is 1.84. The lowest BCUT2D eigenvalue weighted by atomic mass is 9.96. The Labute approximate surface area is 98.3 Å². The Morgan fingerprint density at radius 1 is 1.53 bits per heavy atom. The molecule has 0 saturated heterocycles. The van der Waals surface area contributed by atoms with Crippen molar-refractivity contribution in [3.63, 3.8) is 0 Å². The van der Waals surface area contributed by atoms with Crippen molar-refractivity contribution in [2.24, 2.45) is 5.73 Å². The number of aromatic amines is 1. The van der Waals surface area contributed by atoms with Crippen LogP contribution in [0.4, 0.5) is 0 Å². The van der Waals surface area contributed by atoms with Crippen molar-refractivity contribution in [1.82, 2.24) is 10.2 Å². The molecule has 0 aliphatic heterocycles. The van der Waals surface area contributed by atoms with Crippen LogP contribution in [0.1, 0.15) is 21.5 Å². The number of nitrogens with two attached hydrogens (primary N) is 1. The zero-order valence-electron chi connectivity index (χ0n) is 9.40. The van der Waals surface area contributed by atoms with Crippen molar-refractivity contribution < 1.29 is 9.90 Å². The molecular weight excluding hydrogens is 218 g/mol. The highest BCUT2D eigenvalue weighted by molar-refractivity contribution is 5.96. The maximum absolute atomic E-state index is 11.2. The number of hydrogen-bond acceptors (Lipinski definition) is 3. The lowest BCUT2D eigenvalue weighted by Crippen LogP contribution is -2.06. The molecule has 5 heteroatoms. The summed E-state index contributed by atoms with van der Waals surface area (Å²) in [7, 11) is 0. The van der Waals surface area contributed by atoms with Gasteiger partial charge in [0.1, 0.15) is 0 Å². The second-order valence-electron chi connectivity index (χ2n) is 3.78. The molecule has 0 saturated carbocycles. The minimum Gasteiger partial charge on any atom is -0.478 e. The Bertz CT molecular complexity index is 561. The Hall–Kier alpha value is -2.14. The van der Waals surface area contributed by atoms with Gasteiger partial charge < -0.3 is 10.8 Å². The van der Waals surface area contributed by atoms with Crippen LogP contribution in [0.3, 0.4) is 0 Å². The first kappa shape index (κ1) is 11.3. The normalized spacial score (nSPS) is 10.5. The number of aryl methyl sites for hydroxylation is 1. The summed E-state index contributed by atoms with van der Waals surface area (Å²) in [5.74, 6) is -0.968. The summed E-state index contributed by atoms with van der Waals surface area (Å²) in [6, 6.07) is 5.08. The van der Waals surface area contributed by atoms with Crippen LogP contribution in [0.15, 0.2) is 24.4 Å². The summed E-state index contributed by atoms with van der Waals surface area (Å²) in [5.41, 5.74) is 8.91. The van der Waals surface area contributed by atoms with Crippen LogP contribution in [-0.2, 0) is 6.54 Å². The van der Waals surface area contributed by atoms with Gasteiger partial charge in [-0.1, -0.05) is 12.1 Å². The second kappa shape index (κ2) is 4.39. The van der Waals surface area contributed by atoms with Gasteiger partial charge in [0.2, 0.25) is 0 Å². The van der Waals surface area contributed by atoms with Gasteiger partial charge in [0.05, 0.1) is 17.5 Å². The number of carboxylic acid groups (broad SMARTS) is 1. The highest BCUT2D eigenvalue weighted by atomic mass is 16.4. The van der Waals surface area contributed by atoms with Gasteiger partial charge in [-0.2, -0.15) is 5.10 Å². The van der Waals surface area contributed by atoms with Crippen LogP contribution in [-0.4, -0.2) is 21.3 Å². The summed E-state index contributed by atoms with van der Waals surface area (Å²) in [5, 5.41) is 15.9. The van der Waals surface area contributed by atoms with Crippen LogP contribution in [0.25, 0.3) is 11.3 Å². The predicted octanol–water partition coefficient (Wildman–Crippen LogP) is 1.54. The summed E-state index contributed by atoms with van der Waals surface area (Å²) >= 11 is 0. The molecule has 0 fully saturated rings. The maximum Gasteiger partial charge on any atom is 0.336 e. The SMILES string of the molecule is Cc1cn[nH]c1-c1c(CN)cccc1C(=O)O. The molecule has 1 heterocycles. The van der Waals surface area contributed by atoms with Gasteiger partial charge in [-0.15, -0.1) is 0 Å². The van der Waals surface area contributed by atoms with Crippen LogP contribution < -0.4 is 5.73 Å². The number of benzene rings is 1. The number of nitrogens with one attached hydrogen (secondary N) is 1. The van der Waals surface area contributed by atoms with E-state index in [9.17, 15) is 9.90 Å². The van der Waals surface area contributed by atoms with Crippen molar-refractivity contribution in [2.45, 2.75) is 13.5 Å². The van der Waals surface area contributed by atoms with E-state index in [1.807, 2.05) is 13.0 Å². The Balaban J connectivity index is 2.73. The van der Waals surface area contributed by atoms with Gasteiger partial charge in [0, 0.05) is 12.1 Å². The molecular formula is C12H13N3O2. The molecule has 0 spiro atoms. The molecule has 1 aromatic heterocycles. The molecule has 0 bridgehead atoms. The lowest BCUT2D eigenvalue weighted by molar-refractivity contribution is 0.0697. The third kappa shape index (κ3) is 1.92. The van der Waals surface area contributed by atoms with Crippen molar-refractivity contribution in [1.29, 1.82) is 0 Å². The number of nitrogens with zero attached hydrogens (tertiary/aromatic N) is 1. The third-order valence-electron chi connectivity index (χ3n) is 2.68. The number of aromatic carboxylic acids is 1. The monoisotopic (exact) mass is 231 g/mol. The fraction of sp³-hybridized carbons (Fsp3) is 0.167. The van der Waals surface area contributed by atoms with Crippen molar-refractivity contribution in [2.75, 3.05) is 0 Å². The third-order valence-corrected chi connectivity index (χ3v) is 2.68. The van der Waals surface area contributed by atoms with Crippen LogP contribution in [0.5, 0.6) is 0 Å². The largest absolute Gasteiger partial charge is 0.478 e. The zero-order valence-corrected chi connectivity index (χ0v) is 9.40. The van der Waals surface area contributed by atoms with E-state index >= 15 is 0 Å². The molecule has 0 aliphatic carbocycles. The van der Waals surface area contributed by atoms with E-state index in [4.69, 9.17) is 5.73 Å². The average molecular weight is 231 g/mol. The van der Waals surface area contributed by atoms with Crippen LogP contribution in [0, 0.1) is 6.92 Å². The highest BCUT2D eigenvalue weighted by Gasteiger charge is 2.17. The van der Waals surface area contributed by atoms with Gasteiger partial charge in [0.25, 0.3) is 0 Å². The first-order valence-corrected chi connectivity index (χ1v) is 5.20. The number of hydrogen-bond donors (Lipinski definition) is 3. The fourth-order valence-corrected chi connectivity index (χ4v) is 1.84. The van der Waals surface area contributed by atoms with Gasteiger partial charge in [-0.3, -0.25) is 5.10 Å². The van der Waals surface area contributed by atoms with Crippen molar-refractivity contribution in [3.8, 4) is 11.3 Å². The smallest absolute Gasteiger partial charge is 0.336 e. The molecule has 2 aromatic rings. The minimum atomic E-state index is -0.968. The summed E-state index contributed by atoms with van der Waals surface area (Å²) in [6.07, 6.45) is 1.66. The first-order valence-electron chi connectivity index (χ1n) is 5.20. The standard InChI is InChI=1S/C12H13N3O2/c1-7-6-14-15-11(7)10-8(5-13)3-2-4-9(10)12(16)17/h2-4,6H,5,13H2,1H3,(H,14,15)(H,16,17). The molecule has 0 aliphatic rings. The molecule has 2 rings (SSSR count). The topological polar surface area (TPSA) is 92.0 Å². The van der Waals surface area contributed by atoms with Gasteiger partial charge in [0.15, 0.2) is 0 Å².